The molecule has 0 atom stereocenters. The van der Waals surface area contributed by atoms with E-state index < -0.39 is 11.7 Å². The Kier molecular flexibility index (Phi) is 2.65. The number of rotatable bonds is 2. The molecule has 2 aromatic heterocycles. The Hall–Kier alpha value is -2.12. The van der Waals surface area contributed by atoms with Gasteiger partial charge in [-0.3, -0.25) is 0 Å². The predicted octanol–water partition coefficient (Wildman–Crippen LogP) is 1.75. The fourth-order valence-corrected chi connectivity index (χ4v) is 1.96. The van der Waals surface area contributed by atoms with Crippen LogP contribution in [0, 0.1) is 0 Å². The van der Waals surface area contributed by atoms with Gasteiger partial charge in [-0.15, -0.1) is 5.10 Å². The number of hydrogen-bond donors (Lipinski definition) is 0. The number of halogens is 3. The van der Waals surface area contributed by atoms with Crippen LogP contribution in [0.15, 0.2) is 30.7 Å². The van der Waals surface area contributed by atoms with Crippen LogP contribution in [0.5, 0.6) is 0 Å². The first-order valence-corrected chi connectivity index (χ1v) is 5.68. The Balaban J connectivity index is 1.66. The zero-order valence-electron chi connectivity index (χ0n) is 9.75. The van der Waals surface area contributed by atoms with E-state index in [-0.39, 0.29) is 6.04 Å². The van der Waals surface area contributed by atoms with Crippen LogP contribution in [-0.4, -0.2) is 33.1 Å². The molecule has 1 fully saturated rings. The lowest BCUT2D eigenvalue weighted by molar-refractivity contribution is -0.137. The van der Waals surface area contributed by atoms with Crippen LogP contribution in [0.3, 0.4) is 0 Å². The van der Waals surface area contributed by atoms with E-state index in [0.717, 1.165) is 12.3 Å². The Morgan fingerprint density at radius 2 is 2.00 bits per heavy atom. The minimum atomic E-state index is -4.34. The monoisotopic (exact) mass is 269 g/mol. The molecule has 0 saturated carbocycles. The molecule has 0 aromatic carbocycles. The molecule has 0 aliphatic carbocycles. The summed E-state index contributed by atoms with van der Waals surface area (Å²) in [6.45, 7) is 1.34. The number of anilines is 1. The lowest BCUT2D eigenvalue weighted by atomic mass is 10.1. The molecule has 0 amide bonds. The van der Waals surface area contributed by atoms with Crippen LogP contribution >= 0.6 is 0 Å². The van der Waals surface area contributed by atoms with Gasteiger partial charge in [0, 0.05) is 25.5 Å². The van der Waals surface area contributed by atoms with Gasteiger partial charge in [0.2, 0.25) is 0 Å². The lowest BCUT2D eigenvalue weighted by Gasteiger charge is -2.39. The zero-order chi connectivity index (χ0) is 13.5. The molecule has 5 nitrogen and oxygen atoms in total. The van der Waals surface area contributed by atoms with Crippen molar-refractivity contribution in [3.8, 4) is 0 Å². The fourth-order valence-electron chi connectivity index (χ4n) is 1.96. The Morgan fingerprint density at radius 1 is 1.21 bits per heavy atom. The van der Waals surface area contributed by atoms with Crippen LogP contribution in [0.2, 0.25) is 0 Å². The van der Waals surface area contributed by atoms with Gasteiger partial charge in [-0.05, 0) is 12.1 Å². The average molecular weight is 269 g/mol. The third-order valence-corrected chi connectivity index (χ3v) is 3.08. The van der Waals surface area contributed by atoms with E-state index in [1.54, 1.807) is 17.1 Å². The van der Waals surface area contributed by atoms with E-state index >= 15 is 0 Å². The maximum absolute atomic E-state index is 12.4. The minimum Gasteiger partial charge on any atom is -0.352 e. The lowest BCUT2D eigenvalue weighted by Crippen LogP contribution is -2.48. The highest BCUT2D eigenvalue weighted by molar-refractivity contribution is 5.43. The molecule has 2 aromatic rings. The van der Waals surface area contributed by atoms with Crippen molar-refractivity contribution in [2.24, 2.45) is 0 Å². The third kappa shape index (κ3) is 2.25. The van der Waals surface area contributed by atoms with Crippen LogP contribution < -0.4 is 4.90 Å². The number of hydrogen-bond acceptors (Lipinski definition) is 4. The molecule has 19 heavy (non-hydrogen) atoms. The maximum atomic E-state index is 12.4. The number of nitrogens with zero attached hydrogens (tertiary/aromatic N) is 5. The largest absolute Gasteiger partial charge is 0.417 e. The molecule has 3 rings (SSSR count). The van der Waals surface area contributed by atoms with Crippen molar-refractivity contribution < 1.29 is 13.2 Å². The van der Waals surface area contributed by atoms with E-state index in [9.17, 15) is 13.2 Å². The van der Waals surface area contributed by atoms with Crippen molar-refractivity contribution in [2.45, 2.75) is 12.2 Å². The van der Waals surface area contributed by atoms with Gasteiger partial charge in [0.15, 0.2) is 0 Å². The summed E-state index contributed by atoms with van der Waals surface area (Å²) >= 11 is 0. The summed E-state index contributed by atoms with van der Waals surface area (Å²) < 4.78 is 38.9. The first-order chi connectivity index (χ1) is 9.04. The molecule has 1 aliphatic rings. The molecule has 0 radical (unpaired) electrons. The summed E-state index contributed by atoms with van der Waals surface area (Å²) in [5.41, 5.74) is -0.732. The number of pyridine rings is 1. The summed E-state index contributed by atoms with van der Waals surface area (Å²) in [5.74, 6) is 0.546. The Bertz CT molecular complexity index is 543. The standard InChI is InChI=1S/C11H10F3N5/c12-11(13,14)8-1-2-10(15-5-8)18-6-9(7-18)19-4-3-16-17-19/h1-5,9H,6-7H2. The quantitative estimate of drug-likeness (QED) is 0.833. The Morgan fingerprint density at radius 3 is 2.53 bits per heavy atom. The fraction of sp³-hybridized carbons (Fsp3) is 0.364. The normalized spacial score (nSPS) is 16.5. The second-order valence-electron chi connectivity index (χ2n) is 4.34. The van der Waals surface area contributed by atoms with Crippen LogP contribution in [0.4, 0.5) is 19.0 Å². The highest BCUT2D eigenvalue weighted by atomic mass is 19.4. The zero-order valence-corrected chi connectivity index (χ0v) is 9.75. The number of alkyl halides is 3. The van der Waals surface area contributed by atoms with E-state index in [0.29, 0.717) is 18.9 Å². The topological polar surface area (TPSA) is 46.8 Å². The van der Waals surface area contributed by atoms with Gasteiger partial charge in [-0.25, -0.2) is 9.67 Å². The van der Waals surface area contributed by atoms with Gasteiger partial charge in [-0.1, -0.05) is 5.21 Å². The van der Waals surface area contributed by atoms with Gasteiger partial charge in [-0.2, -0.15) is 13.2 Å². The summed E-state index contributed by atoms with van der Waals surface area (Å²) in [6, 6.07) is 2.64. The van der Waals surface area contributed by atoms with Crippen molar-refractivity contribution in [3.05, 3.63) is 36.3 Å². The number of aromatic nitrogens is 4. The first kappa shape index (κ1) is 11.9. The van der Waals surface area contributed by atoms with Gasteiger partial charge >= 0.3 is 6.18 Å². The molecule has 1 saturated heterocycles. The first-order valence-electron chi connectivity index (χ1n) is 5.68. The highest BCUT2D eigenvalue weighted by Crippen LogP contribution is 2.31. The minimum absolute atomic E-state index is 0.201. The van der Waals surface area contributed by atoms with Crippen molar-refractivity contribution in [2.75, 3.05) is 18.0 Å². The van der Waals surface area contributed by atoms with Gasteiger partial charge < -0.3 is 4.90 Å². The summed E-state index contributed by atoms with van der Waals surface area (Å²) in [6.07, 6.45) is -0.122. The van der Waals surface area contributed by atoms with E-state index in [1.165, 1.54) is 6.07 Å². The maximum Gasteiger partial charge on any atom is 0.417 e. The molecule has 8 heteroatoms. The molecule has 0 bridgehead atoms. The second kappa shape index (κ2) is 4.22. The molecule has 3 heterocycles. The van der Waals surface area contributed by atoms with E-state index in [2.05, 4.69) is 15.3 Å². The van der Waals surface area contributed by atoms with Crippen molar-refractivity contribution >= 4 is 5.82 Å². The second-order valence-corrected chi connectivity index (χ2v) is 4.34. The van der Waals surface area contributed by atoms with Crippen LogP contribution in [0.25, 0.3) is 0 Å². The van der Waals surface area contributed by atoms with Crippen molar-refractivity contribution in [1.29, 1.82) is 0 Å². The molecule has 0 N–H and O–H groups in total. The predicted molar refractivity (Wildman–Crippen MR) is 60.5 cm³/mol. The summed E-state index contributed by atoms with van der Waals surface area (Å²) in [7, 11) is 0. The van der Waals surface area contributed by atoms with Gasteiger partial charge in [0.1, 0.15) is 5.82 Å². The highest BCUT2D eigenvalue weighted by Gasteiger charge is 2.33. The van der Waals surface area contributed by atoms with Crippen molar-refractivity contribution in [3.63, 3.8) is 0 Å². The van der Waals surface area contributed by atoms with Crippen molar-refractivity contribution in [1.82, 2.24) is 20.0 Å². The molecular weight excluding hydrogens is 259 g/mol. The summed E-state index contributed by atoms with van der Waals surface area (Å²) in [4.78, 5) is 5.74. The third-order valence-electron chi connectivity index (χ3n) is 3.08. The SMILES string of the molecule is FC(F)(F)c1ccc(N2CC(n3ccnn3)C2)nc1. The van der Waals surface area contributed by atoms with Gasteiger partial charge in [0.05, 0.1) is 17.8 Å². The molecular formula is C11H10F3N5. The molecule has 0 spiro atoms. The van der Waals surface area contributed by atoms with Crippen LogP contribution in [-0.2, 0) is 6.18 Å². The molecule has 1 aliphatic heterocycles. The average Bonchev–Trinajstić information content (AvgIpc) is 2.80. The summed E-state index contributed by atoms with van der Waals surface area (Å²) in [5, 5.41) is 7.60. The van der Waals surface area contributed by atoms with E-state index in [4.69, 9.17) is 0 Å². The van der Waals surface area contributed by atoms with Gasteiger partial charge in [0.25, 0.3) is 0 Å². The van der Waals surface area contributed by atoms with Crippen LogP contribution in [0.1, 0.15) is 11.6 Å². The molecule has 100 valence electrons. The smallest absolute Gasteiger partial charge is 0.352 e. The molecule has 0 unspecified atom stereocenters. The Labute approximate surface area is 106 Å². The van der Waals surface area contributed by atoms with E-state index in [1.807, 2.05) is 4.90 Å².